The highest BCUT2D eigenvalue weighted by atomic mass is 35.5. The average molecular weight is 290 g/mol. The van der Waals surface area contributed by atoms with Crippen LogP contribution in [0.25, 0.3) is 9.40 Å². The number of alkyl halides is 1. The van der Waals surface area contributed by atoms with Crippen molar-refractivity contribution in [2.75, 3.05) is 19.6 Å². The number of rotatable bonds is 5. The molecule has 2 heterocycles. The number of carbonyl (C=O) groups excluding carboxylic acids is 1. The molecule has 1 amide bonds. The van der Waals surface area contributed by atoms with Crippen LogP contribution in [0.1, 0.15) is 9.67 Å². The Kier molecular flexibility index (Phi) is 4.39. The Bertz CT molecular complexity index is 480. The summed E-state index contributed by atoms with van der Waals surface area (Å²) in [6.45, 7) is 0.426. The molecule has 6 heteroatoms. The smallest absolute Gasteiger partial charge is 0.261 e. The van der Waals surface area contributed by atoms with Gasteiger partial charge in [0.25, 0.3) is 5.91 Å². The minimum Gasteiger partial charge on any atom is -0.383 e. The largest absolute Gasteiger partial charge is 0.383 e. The van der Waals surface area contributed by atoms with Gasteiger partial charge in [0, 0.05) is 22.4 Å². The predicted molar refractivity (Wildman–Crippen MR) is 73.6 cm³/mol. The summed E-state index contributed by atoms with van der Waals surface area (Å²) >= 11 is 8.88. The molecule has 2 rings (SSSR count). The molecule has 0 saturated carbocycles. The van der Waals surface area contributed by atoms with Crippen molar-refractivity contribution in [3.63, 3.8) is 0 Å². The van der Waals surface area contributed by atoms with E-state index in [0.717, 1.165) is 14.3 Å². The van der Waals surface area contributed by atoms with E-state index in [1.165, 1.54) is 11.3 Å². The first-order chi connectivity index (χ1) is 8.24. The van der Waals surface area contributed by atoms with Crippen LogP contribution in [0.2, 0.25) is 0 Å². The lowest BCUT2D eigenvalue weighted by atomic mass is 10.3. The van der Waals surface area contributed by atoms with Gasteiger partial charge in [0.05, 0.1) is 17.5 Å². The van der Waals surface area contributed by atoms with Gasteiger partial charge in [-0.3, -0.25) is 4.79 Å². The number of hydrogen-bond acceptors (Lipinski definition) is 4. The average Bonchev–Trinajstić information content (AvgIpc) is 2.88. The van der Waals surface area contributed by atoms with Crippen LogP contribution >= 0.6 is 34.3 Å². The van der Waals surface area contributed by atoms with Crippen molar-refractivity contribution < 1.29 is 9.53 Å². The molecule has 0 aromatic carbocycles. The van der Waals surface area contributed by atoms with Crippen LogP contribution in [0, 0.1) is 0 Å². The van der Waals surface area contributed by atoms with E-state index in [1.807, 2.05) is 17.5 Å². The zero-order valence-electron chi connectivity index (χ0n) is 9.23. The molecule has 2 aromatic rings. The van der Waals surface area contributed by atoms with Gasteiger partial charge in [-0.1, -0.05) is 0 Å². The number of nitrogens with one attached hydrogen (secondary N) is 1. The number of thiophene rings is 2. The number of ether oxygens (including phenoxy) is 1. The third kappa shape index (κ3) is 2.98. The zero-order chi connectivity index (χ0) is 12.3. The van der Waals surface area contributed by atoms with E-state index < -0.39 is 0 Å². The lowest BCUT2D eigenvalue weighted by Gasteiger charge is -2.13. The van der Waals surface area contributed by atoms with Gasteiger partial charge in [-0.15, -0.1) is 34.3 Å². The van der Waals surface area contributed by atoms with Gasteiger partial charge in [0.15, 0.2) is 0 Å². The van der Waals surface area contributed by atoms with Gasteiger partial charge >= 0.3 is 0 Å². The van der Waals surface area contributed by atoms with E-state index >= 15 is 0 Å². The molecule has 0 aliphatic rings. The molecule has 3 nitrogen and oxygen atoms in total. The minimum absolute atomic E-state index is 0.0823. The Labute approximate surface area is 112 Å². The molecule has 0 fully saturated rings. The van der Waals surface area contributed by atoms with E-state index in [0.29, 0.717) is 12.5 Å². The fourth-order valence-electron chi connectivity index (χ4n) is 1.46. The quantitative estimate of drug-likeness (QED) is 0.860. The second-order valence-corrected chi connectivity index (χ2v) is 5.88. The Morgan fingerprint density at radius 3 is 3.06 bits per heavy atom. The zero-order valence-corrected chi connectivity index (χ0v) is 11.6. The van der Waals surface area contributed by atoms with Crippen LogP contribution in [-0.2, 0) is 4.74 Å². The highest BCUT2D eigenvalue weighted by Crippen LogP contribution is 2.29. The van der Waals surface area contributed by atoms with E-state index in [4.69, 9.17) is 16.3 Å². The lowest BCUT2D eigenvalue weighted by molar-refractivity contribution is 0.0911. The van der Waals surface area contributed by atoms with Crippen molar-refractivity contribution in [2.45, 2.75) is 6.04 Å². The summed E-state index contributed by atoms with van der Waals surface area (Å²) in [7, 11) is 1.59. The van der Waals surface area contributed by atoms with Crippen LogP contribution in [0.5, 0.6) is 0 Å². The lowest BCUT2D eigenvalue weighted by Crippen LogP contribution is -2.39. The molecule has 0 radical (unpaired) electrons. The molecule has 1 unspecified atom stereocenters. The Hall–Kier alpha value is -0.620. The molecule has 2 aromatic heterocycles. The number of hydrogen-bond donors (Lipinski definition) is 1. The SMILES string of the molecule is COCC(CCl)NC(=O)c1cc2sccc2s1. The topological polar surface area (TPSA) is 38.3 Å². The van der Waals surface area contributed by atoms with E-state index in [1.54, 1.807) is 18.4 Å². The van der Waals surface area contributed by atoms with Crippen LogP contribution in [0.15, 0.2) is 17.5 Å². The summed E-state index contributed by atoms with van der Waals surface area (Å²) in [5.74, 6) is 0.264. The molecule has 0 saturated heterocycles. The normalized spacial score (nSPS) is 12.8. The highest BCUT2D eigenvalue weighted by Gasteiger charge is 2.15. The number of carbonyl (C=O) groups is 1. The van der Waals surface area contributed by atoms with Gasteiger partial charge in [-0.25, -0.2) is 0 Å². The summed E-state index contributed by atoms with van der Waals surface area (Å²) in [5, 5.41) is 4.88. The van der Waals surface area contributed by atoms with Crippen LogP contribution in [0.3, 0.4) is 0 Å². The second kappa shape index (κ2) is 5.82. The van der Waals surface area contributed by atoms with Crippen molar-refractivity contribution >= 4 is 49.6 Å². The van der Waals surface area contributed by atoms with Crippen molar-refractivity contribution in [2.24, 2.45) is 0 Å². The number of halogens is 1. The molecule has 92 valence electrons. The summed E-state index contributed by atoms with van der Waals surface area (Å²) in [5.41, 5.74) is 0. The first-order valence-electron chi connectivity index (χ1n) is 5.07. The van der Waals surface area contributed by atoms with Gasteiger partial charge < -0.3 is 10.1 Å². The van der Waals surface area contributed by atoms with Crippen molar-refractivity contribution in [3.8, 4) is 0 Å². The van der Waals surface area contributed by atoms with Crippen molar-refractivity contribution in [1.82, 2.24) is 5.32 Å². The molecule has 0 bridgehead atoms. The van der Waals surface area contributed by atoms with Gasteiger partial charge in [0.2, 0.25) is 0 Å². The molecule has 0 spiro atoms. The number of methoxy groups -OCH3 is 1. The summed E-state index contributed by atoms with van der Waals surface area (Å²) in [6, 6.07) is 3.79. The van der Waals surface area contributed by atoms with Gasteiger partial charge in [0.1, 0.15) is 0 Å². The highest BCUT2D eigenvalue weighted by molar-refractivity contribution is 7.27. The van der Waals surface area contributed by atoms with Crippen LogP contribution in [0.4, 0.5) is 0 Å². The third-order valence-electron chi connectivity index (χ3n) is 2.25. The fraction of sp³-hybridized carbons (Fsp3) is 0.364. The molecular formula is C11H12ClNO2S2. The second-order valence-electron chi connectivity index (χ2n) is 3.54. The minimum atomic E-state index is -0.144. The maximum Gasteiger partial charge on any atom is 0.261 e. The van der Waals surface area contributed by atoms with Crippen LogP contribution < -0.4 is 5.32 Å². The first-order valence-corrected chi connectivity index (χ1v) is 7.30. The number of fused-ring (bicyclic) bond motifs is 1. The van der Waals surface area contributed by atoms with Gasteiger partial charge in [-0.2, -0.15) is 0 Å². The molecule has 17 heavy (non-hydrogen) atoms. The van der Waals surface area contributed by atoms with E-state index in [-0.39, 0.29) is 11.9 Å². The maximum absolute atomic E-state index is 11.9. The molecule has 1 N–H and O–H groups in total. The van der Waals surface area contributed by atoms with E-state index in [2.05, 4.69) is 5.32 Å². The Morgan fingerprint density at radius 2 is 2.41 bits per heavy atom. The molecule has 0 aliphatic carbocycles. The predicted octanol–water partition coefficient (Wildman–Crippen LogP) is 2.95. The third-order valence-corrected chi connectivity index (χ3v) is 4.72. The van der Waals surface area contributed by atoms with Crippen LogP contribution in [-0.4, -0.2) is 31.5 Å². The first kappa shape index (κ1) is 12.8. The fourth-order valence-corrected chi connectivity index (χ4v) is 3.64. The summed E-state index contributed by atoms with van der Waals surface area (Å²) in [4.78, 5) is 12.7. The maximum atomic E-state index is 11.9. The van der Waals surface area contributed by atoms with Gasteiger partial charge in [-0.05, 0) is 17.5 Å². The molecule has 1 atom stereocenters. The Balaban J connectivity index is 2.06. The summed E-state index contributed by atoms with van der Waals surface area (Å²) < 4.78 is 7.28. The van der Waals surface area contributed by atoms with Crippen molar-refractivity contribution in [1.29, 1.82) is 0 Å². The standard InChI is InChI=1S/C11H12ClNO2S2/c1-15-6-7(5-12)13-11(14)10-4-9-8(17-10)2-3-16-9/h2-4,7H,5-6H2,1H3,(H,13,14). The number of amides is 1. The molecule has 0 aliphatic heterocycles. The monoisotopic (exact) mass is 289 g/mol. The van der Waals surface area contributed by atoms with Crippen molar-refractivity contribution in [3.05, 3.63) is 22.4 Å². The van der Waals surface area contributed by atoms with E-state index in [9.17, 15) is 4.79 Å². The molecular weight excluding hydrogens is 278 g/mol. The summed E-state index contributed by atoms with van der Waals surface area (Å²) in [6.07, 6.45) is 0. The Morgan fingerprint density at radius 1 is 1.59 bits per heavy atom.